The second-order valence-electron chi connectivity index (χ2n) is 13.3. The van der Waals surface area contributed by atoms with Gasteiger partial charge in [0.1, 0.15) is 18.5 Å². The van der Waals surface area contributed by atoms with E-state index in [1.165, 1.54) is 128 Å². The van der Waals surface area contributed by atoms with Crippen molar-refractivity contribution in [1.29, 1.82) is 0 Å². The summed E-state index contributed by atoms with van der Waals surface area (Å²) in [5.41, 5.74) is 0. The molecule has 2 N–H and O–H groups in total. The number of hydrogen-bond acceptors (Lipinski definition) is 5. The van der Waals surface area contributed by atoms with Gasteiger partial charge in [-0.15, -0.1) is 0 Å². The van der Waals surface area contributed by atoms with Gasteiger partial charge in [-0.05, 0) is 38.5 Å². The molecule has 5 nitrogen and oxygen atoms in total. The maximum Gasteiger partial charge on any atom is 0.306 e. The minimum absolute atomic E-state index is 0.0773. The molecule has 0 aromatic heterocycles. The molecule has 2 atom stereocenters. The van der Waals surface area contributed by atoms with Gasteiger partial charge in [-0.2, -0.15) is 0 Å². The molecule has 0 aliphatic carbocycles. The third-order valence-corrected chi connectivity index (χ3v) is 8.86. The lowest BCUT2D eigenvalue weighted by Crippen LogP contribution is -2.25. The molecule has 0 saturated heterocycles. The molecule has 44 heavy (non-hydrogen) atoms. The van der Waals surface area contributed by atoms with Crippen LogP contribution in [-0.4, -0.2) is 41.3 Å². The lowest BCUT2D eigenvalue weighted by molar-refractivity contribution is -0.150. The van der Waals surface area contributed by atoms with Gasteiger partial charge in [-0.25, -0.2) is 0 Å². The second kappa shape index (κ2) is 34.7. The van der Waals surface area contributed by atoms with Crippen LogP contribution in [0.15, 0.2) is 12.2 Å². The fourth-order valence-electron chi connectivity index (χ4n) is 5.86. The standard InChI is InChI=1S/C39H74O5/c1-3-5-7-9-11-13-15-17-18-20-22-24-26-28-30-32-38(42)36(33-39(43)44-35-37(41)34-40)31-29-27-25-23-21-19-16-14-12-10-8-6-4-2/h19,21,36-37,40-41H,3-18,20,22-35H2,1-2H3/b21-19-. The van der Waals surface area contributed by atoms with Gasteiger partial charge < -0.3 is 14.9 Å². The van der Waals surface area contributed by atoms with Crippen molar-refractivity contribution in [3.05, 3.63) is 12.2 Å². The van der Waals surface area contributed by atoms with Crippen molar-refractivity contribution in [2.45, 2.75) is 206 Å². The summed E-state index contributed by atoms with van der Waals surface area (Å²) in [6.07, 6.45) is 37.7. The average Bonchev–Trinajstić information content (AvgIpc) is 3.03. The van der Waals surface area contributed by atoms with E-state index < -0.39 is 18.7 Å². The normalized spacial score (nSPS) is 13.0. The molecule has 0 heterocycles. The number of ketones is 1. The largest absolute Gasteiger partial charge is 0.463 e. The third-order valence-electron chi connectivity index (χ3n) is 8.86. The molecular formula is C39H74O5. The Labute approximate surface area is 273 Å². The van der Waals surface area contributed by atoms with Crippen LogP contribution in [0, 0.1) is 5.92 Å². The summed E-state index contributed by atoms with van der Waals surface area (Å²) in [5.74, 6) is -0.577. The lowest BCUT2D eigenvalue weighted by atomic mass is 9.90. The fraction of sp³-hybridized carbons (Fsp3) is 0.897. The molecule has 0 aliphatic heterocycles. The van der Waals surface area contributed by atoms with Crippen molar-refractivity contribution in [3.63, 3.8) is 0 Å². The number of allylic oxidation sites excluding steroid dienone is 2. The summed E-state index contributed by atoms with van der Waals surface area (Å²) in [7, 11) is 0. The van der Waals surface area contributed by atoms with Gasteiger partial charge in [0, 0.05) is 12.3 Å². The molecule has 0 bridgehead atoms. The number of unbranched alkanes of at least 4 members (excludes halogenated alkanes) is 23. The number of ether oxygens (including phenoxy) is 1. The number of Topliss-reactive ketones (excluding diaryl/α,β-unsaturated/α-hetero) is 1. The number of hydrogen-bond donors (Lipinski definition) is 2. The number of aliphatic hydroxyl groups excluding tert-OH is 2. The summed E-state index contributed by atoms with van der Waals surface area (Å²) in [4.78, 5) is 25.4. The number of aliphatic hydroxyl groups is 2. The van der Waals surface area contributed by atoms with Crippen LogP contribution in [0.5, 0.6) is 0 Å². The van der Waals surface area contributed by atoms with Crippen LogP contribution in [0.25, 0.3) is 0 Å². The van der Waals surface area contributed by atoms with E-state index in [9.17, 15) is 14.7 Å². The SMILES string of the molecule is CCCCCCCC/C=C\CCCCCC(CC(=O)OCC(O)CO)C(=O)CCCCCCCCCCCCCCCCC. The molecule has 0 aromatic carbocycles. The van der Waals surface area contributed by atoms with Crippen molar-refractivity contribution in [2.24, 2.45) is 5.92 Å². The first kappa shape index (κ1) is 42.8. The molecule has 0 fully saturated rings. The zero-order chi connectivity index (χ0) is 32.4. The Balaban J connectivity index is 4.11. The maximum atomic E-state index is 13.0. The Bertz CT molecular complexity index is 646. The molecule has 0 saturated carbocycles. The van der Waals surface area contributed by atoms with Gasteiger partial charge in [-0.3, -0.25) is 9.59 Å². The van der Waals surface area contributed by atoms with Gasteiger partial charge >= 0.3 is 5.97 Å². The Kier molecular flexibility index (Phi) is 33.7. The van der Waals surface area contributed by atoms with Crippen LogP contribution >= 0.6 is 0 Å². The van der Waals surface area contributed by atoms with Crippen LogP contribution < -0.4 is 0 Å². The molecule has 0 spiro atoms. The van der Waals surface area contributed by atoms with Gasteiger partial charge in [-0.1, -0.05) is 161 Å². The molecule has 0 aliphatic rings. The summed E-state index contributed by atoms with van der Waals surface area (Å²) in [5, 5.41) is 18.5. The lowest BCUT2D eigenvalue weighted by Gasteiger charge is -2.16. The van der Waals surface area contributed by atoms with E-state index in [1.807, 2.05) is 0 Å². The second-order valence-corrected chi connectivity index (χ2v) is 13.3. The smallest absolute Gasteiger partial charge is 0.306 e. The monoisotopic (exact) mass is 623 g/mol. The number of rotatable bonds is 35. The first-order chi connectivity index (χ1) is 21.5. The summed E-state index contributed by atoms with van der Waals surface area (Å²) in [6, 6.07) is 0. The molecule has 260 valence electrons. The highest BCUT2D eigenvalue weighted by atomic mass is 16.5. The van der Waals surface area contributed by atoms with E-state index in [-0.39, 0.29) is 24.7 Å². The van der Waals surface area contributed by atoms with Crippen molar-refractivity contribution < 1.29 is 24.5 Å². The molecule has 5 heteroatoms. The number of esters is 1. The average molecular weight is 623 g/mol. The van der Waals surface area contributed by atoms with Crippen LogP contribution in [0.3, 0.4) is 0 Å². The predicted octanol–water partition coefficient (Wildman–Crippen LogP) is 11.0. The molecule has 0 aromatic rings. The molecule has 0 amide bonds. The Hall–Kier alpha value is -1.20. The topological polar surface area (TPSA) is 83.8 Å². The Morgan fingerprint density at radius 2 is 1.00 bits per heavy atom. The number of carbonyl (C=O) groups is 2. The van der Waals surface area contributed by atoms with Crippen LogP contribution in [-0.2, 0) is 14.3 Å². The van der Waals surface area contributed by atoms with E-state index in [2.05, 4.69) is 26.0 Å². The zero-order valence-corrected chi connectivity index (χ0v) is 29.3. The van der Waals surface area contributed by atoms with Crippen LogP contribution in [0.1, 0.15) is 200 Å². The van der Waals surface area contributed by atoms with E-state index in [4.69, 9.17) is 9.84 Å². The summed E-state index contributed by atoms with van der Waals surface area (Å²) >= 11 is 0. The highest BCUT2D eigenvalue weighted by molar-refractivity contribution is 5.85. The summed E-state index contributed by atoms with van der Waals surface area (Å²) in [6.45, 7) is 3.86. The summed E-state index contributed by atoms with van der Waals surface area (Å²) < 4.78 is 5.12. The zero-order valence-electron chi connectivity index (χ0n) is 29.3. The highest BCUT2D eigenvalue weighted by Gasteiger charge is 2.22. The van der Waals surface area contributed by atoms with E-state index >= 15 is 0 Å². The van der Waals surface area contributed by atoms with Gasteiger partial charge in [0.25, 0.3) is 0 Å². The van der Waals surface area contributed by atoms with E-state index in [1.54, 1.807) is 0 Å². The van der Waals surface area contributed by atoms with E-state index in [0.717, 1.165) is 44.9 Å². The minimum atomic E-state index is -1.07. The van der Waals surface area contributed by atoms with Gasteiger partial charge in [0.15, 0.2) is 0 Å². The molecular weight excluding hydrogens is 548 g/mol. The minimum Gasteiger partial charge on any atom is -0.463 e. The van der Waals surface area contributed by atoms with Gasteiger partial charge in [0.2, 0.25) is 0 Å². The van der Waals surface area contributed by atoms with Gasteiger partial charge in [0.05, 0.1) is 13.0 Å². The van der Waals surface area contributed by atoms with Crippen LogP contribution in [0.4, 0.5) is 0 Å². The van der Waals surface area contributed by atoms with Crippen molar-refractivity contribution in [1.82, 2.24) is 0 Å². The van der Waals surface area contributed by atoms with Crippen molar-refractivity contribution in [3.8, 4) is 0 Å². The Morgan fingerprint density at radius 1 is 0.591 bits per heavy atom. The first-order valence-corrected chi connectivity index (χ1v) is 19.2. The van der Waals surface area contributed by atoms with E-state index in [0.29, 0.717) is 6.42 Å². The maximum absolute atomic E-state index is 13.0. The third kappa shape index (κ3) is 30.8. The molecule has 0 radical (unpaired) electrons. The first-order valence-electron chi connectivity index (χ1n) is 19.2. The van der Waals surface area contributed by atoms with Crippen molar-refractivity contribution in [2.75, 3.05) is 13.2 Å². The Morgan fingerprint density at radius 3 is 1.45 bits per heavy atom. The quantitative estimate of drug-likeness (QED) is 0.0417. The highest BCUT2D eigenvalue weighted by Crippen LogP contribution is 2.21. The predicted molar refractivity (Wildman–Crippen MR) is 187 cm³/mol. The molecule has 2 unspecified atom stereocenters. The number of carbonyl (C=O) groups excluding carboxylic acids is 2. The van der Waals surface area contributed by atoms with Crippen LogP contribution in [0.2, 0.25) is 0 Å². The van der Waals surface area contributed by atoms with Crippen molar-refractivity contribution >= 4 is 11.8 Å². The fourth-order valence-corrected chi connectivity index (χ4v) is 5.86. The molecule has 0 rings (SSSR count).